The Balaban J connectivity index is 1.51. The van der Waals surface area contributed by atoms with E-state index in [-0.39, 0.29) is 11.7 Å². The molecule has 6 bridgehead atoms. The monoisotopic (exact) mass is 445 g/mol. The maximum atomic E-state index is 13.1. The zero-order valence-corrected chi connectivity index (χ0v) is 18.8. The molecule has 0 atom stereocenters. The lowest BCUT2D eigenvalue weighted by Crippen LogP contribution is -2.37. The molecule has 1 aromatic carbocycles. The third kappa shape index (κ3) is 3.43. The van der Waals surface area contributed by atoms with Gasteiger partial charge >= 0.3 is 5.69 Å². The van der Waals surface area contributed by atoms with Gasteiger partial charge in [0.05, 0.1) is 11.7 Å². The molecule has 9 heteroatoms. The van der Waals surface area contributed by atoms with Gasteiger partial charge in [-0.2, -0.15) is 4.98 Å². The van der Waals surface area contributed by atoms with E-state index in [0.29, 0.717) is 24.2 Å². The maximum Gasteiger partial charge on any atom is 0.330 e. The van der Waals surface area contributed by atoms with Crippen LogP contribution in [0.25, 0.3) is 22.1 Å². The maximum absolute atomic E-state index is 13.1. The summed E-state index contributed by atoms with van der Waals surface area (Å²) >= 11 is 0. The first-order chi connectivity index (χ1) is 16.1. The molecule has 3 aromatic heterocycles. The molecule has 0 amide bonds. The predicted molar refractivity (Wildman–Crippen MR) is 127 cm³/mol. The van der Waals surface area contributed by atoms with Gasteiger partial charge in [0.15, 0.2) is 5.65 Å². The number of anilines is 2. The van der Waals surface area contributed by atoms with Crippen molar-refractivity contribution >= 4 is 33.7 Å². The molecule has 1 saturated carbocycles. The highest BCUT2D eigenvalue weighted by Gasteiger charge is 2.27. The van der Waals surface area contributed by atoms with Gasteiger partial charge in [-0.1, -0.05) is 0 Å². The molecular formula is C24H27N7O2. The Morgan fingerprint density at radius 3 is 2.85 bits per heavy atom. The third-order valence-corrected chi connectivity index (χ3v) is 6.98. The quantitative estimate of drug-likeness (QED) is 0.429. The Labute approximate surface area is 190 Å². The molecule has 0 spiro atoms. The average Bonchev–Trinajstić information content (AvgIpc) is 3.07. The number of pyridine rings is 1. The Kier molecular flexibility index (Phi) is 4.79. The van der Waals surface area contributed by atoms with E-state index in [1.807, 2.05) is 29.7 Å². The van der Waals surface area contributed by atoms with Crippen LogP contribution in [0.15, 0.2) is 35.4 Å². The van der Waals surface area contributed by atoms with Crippen LogP contribution >= 0.6 is 0 Å². The summed E-state index contributed by atoms with van der Waals surface area (Å²) in [6, 6.07) is 6.55. The molecule has 9 nitrogen and oxygen atoms in total. The van der Waals surface area contributed by atoms with Gasteiger partial charge in [0, 0.05) is 42.9 Å². The smallest absolute Gasteiger partial charge is 0.330 e. The first-order valence-corrected chi connectivity index (χ1v) is 11.5. The Morgan fingerprint density at radius 1 is 1.15 bits per heavy atom. The average molecular weight is 446 g/mol. The molecule has 3 aliphatic rings. The fourth-order valence-electron chi connectivity index (χ4n) is 5.14. The van der Waals surface area contributed by atoms with Crippen LogP contribution in [0, 0.1) is 6.92 Å². The molecule has 0 radical (unpaired) electrons. The van der Waals surface area contributed by atoms with Crippen molar-refractivity contribution in [2.24, 2.45) is 7.05 Å². The number of benzene rings is 1. The Hall–Kier alpha value is -3.46. The van der Waals surface area contributed by atoms with Crippen molar-refractivity contribution in [1.82, 2.24) is 29.4 Å². The van der Waals surface area contributed by atoms with E-state index in [1.54, 1.807) is 24.0 Å². The van der Waals surface area contributed by atoms with Crippen LogP contribution in [0.5, 0.6) is 5.75 Å². The van der Waals surface area contributed by atoms with Crippen LogP contribution in [0.4, 0.5) is 11.6 Å². The summed E-state index contributed by atoms with van der Waals surface area (Å²) in [6.45, 7) is 3.38. The zero-order valence-electron chi connectivity index (χ0n) is 18.8. The van der Waals surface area contributed by atoms with Gasteiger partial charge in [0.1, 0.15) is 17.9 Å². The van der Waals surface area contributed by atoms with E-state index < -0.39 is 0 Å². The van der Waals surface area contributed by atoms with Crippen molar-refractivity contribution in [2.75, 3.05) is 18.5 Å². The van der Waals surface area contributed by atoms with Crippen molar-refractivity contribution in [3.63, 3.8) is 0 Å². The minimum Gasteiger partial charge on any atom is -0.491 e. The van der Waals surface area contributed by atoms with Crippen molar-refractivity contribution < 1.29 is 4.74 Å². The first kappa shape index (κ1) is 20.2. The van der Waals surface area contributed by atoms with Crippen LogP contribution in [0.3, 0.4) is 0 Å². The lowest BCUT2D eigenvalue weighted by atomic mass is 9.91. The Morgan fingerprint density at radius 2 is 2.00 bits per heavy atom. The second-order valence-electron chi connectivity index (χ2n) is 9.04. The highest BCUT2D eigenvalue weighted by atomic mass is 16.5. The lowest BCUT2D eigenvalue weighted by molar-refractivity contribution is 0.263. The molecule has 4 aromatic rings. The van der Waals surface area contributed by atoms with Crippen LogP contribution in [0.2, 0.25) is 0 Å². The fraction of sp³-hybridized carbons (Fsp3) is 0.417. The highest BCUT2D eigenvalue weighted by molar-refractivity contribution is 5.90. The van der Waals surface area contributed by atoms with E-state index in [0.717, 1.165) is 65.6 Å². The number of hydrogen-bond acceptors (Lipinski definition) is 7. The van der Waals surface area contributed by atoms with Crippen LogP contribution in [-0.2, 0) is 7.05 Å². The molecule has 1 aliphatic carbocycles. The summed E-state index contributed by atoms with van der Waals surface area (Å²) in [6.07, 6.45) is 7.43. The molecule has 2 N–H and O–H groups in total. The van der Waals surface area contributed by atoms with E-state index in [4.69, 9.17) is 9.72 Å². The van der Waals surface area contributed by atoms with Gasteiger partial charge in [0.25, 0.3) is 0 Å². The molecular weight excluding hydrogens is 418 g/mol. The third-order valence-electron chi connectivity index (χ3n) is 6.98. The topological polar surface area (TPSA) is 98.9 Å². The van der Waals surface area contributed by atoms with Crippen molar-refractivity contribution in [3.8, 4) is 5.75 Å². The molecule has 33 heavy (non-hydrogen) atoms. The van der Waals surface area contributed by atoms with Gasteiger partial charge < -0.3 is 15.4 Å². The second kappa shape index (κ2) is 7.84. The summed E-state index contributed by atoms with van der Waals surface area (Å²) in [5, 5.41) is 7.93. The van der Waals surface area contributed by atoms with Crippen molar-refractivity contribution in [3.05, 3.63) is 46.6 Å². The molecule has 7 rings (SSSR count). The number of ether oxygens (including phenoxy) is 1. The van der Waals surface area contributed by atoms with Gasteiger partial charge in [-0.3, -0.25) is 14.1 Å². The summed E-state index contributed by atoms with van der Waals surface area (Å²) in [5.74, 6) is 1.28. The van der Waals surface area contributed by atoms with Crippen LogP contribution in [-0.4, -0.2) is 43.3 Å². The SMILES string of the molecule is Cc1cc2nccc3c2cc1Nc1ncc2c(n1)n(c(=O)n2C)C1CCC(CC1)NCCO3. The standard InChI is InChI=1S/C24H27N7O2/c1-14-11-19-17-12-18(14)28-23-27-13-20-22(29-23)31(24(32)30(20)2)16-5-3-15(4-6-16)25-9-10-33-21(17)7-8-26-19/h7-8,11-13,15-16,25H,3-6,9-10H2,1-2H3,(H,27,28,29). The number of hydrogen-bond donors (Lipinski definition) is 2. The van der Waals surface area contributed by atoms with Crippen LogP contribution < -0.4 is 21.1 Å². The number of aryl methyl sites for hydroxylation is 2. The summed E-state index contributed by atoms with van der Waals surface area (Å²) in [4.78, 5) is 26.9. The second-order valence-corrected chi connectivity index (χ2v) is 9.04. The van der Waals surface area contributed by atoms with E-state index in [1.165, 1.54) is 0 Å². The predicted octanol–water partition coefficient (Wildman–Crippen LogP) is 3.20. The van der Waals surface area contributed by atoms with Crippen molar-refractivity contribution in [2.45, 2.75) is 44.7 Å². The van der Waals surface area contributed by atoms with Crippen molar-refractivity contribution in [1.29, 1.82) is 0 Å². The zero-order chi connectivity index (χ0) is 22.5. The molecule has 0 saturated heterocycles. The molecule has 1 fully saturated rings. The number of fused-ring (bicyclic) bond motifs is 5. The Bertz CT molecular complexity index is 1420. The molecule has 5 heterocycles. The van der Waals surface area contributed by atoms with Gasteiger partial charge in [-0.05, 0) is 56.4 Å². The number of rotatable bonds is 0. The molecule has 2 aliphatic heterocycles. The van der Waals surface area contributed by atoms with Gasteiger partial charge in [0.2, 0.25) is 5.95 Å². The summed E-state index contributed by atoms with van der Waals surface area (Å²) in [5.41, 5.74) is 4.20. The minimum absolute atomic E-state index is 0.0308. The number of nitrogens with one attached hydrogen (secondary N) is 2. The van der Waals surface area contributed by atoms with E-state index >= 15 is 0 Å². The van der Waals surface area contributed by atoms with Gasteiger partial charge in [-0.25, -0.2) is 9.78 Å². The normalized spacial score (nSPS) is 20.8. The largest absolute Gasteiger partial charge is 0.491 e. The molecule has 170 valence electrons. The summed E-state index contributed by atoms with van der Waals surface area (Å²) in [7, 11) is 1.79. The summed E-state index contributed by atoms with van der Waals surface area (Å²) < 4.78 is 9.66. The van der Waals surface area contributed by atoms with E-state index in [2.05, 4.69) is 20.6 Å². The van der Waals surface area contributed by atoms with E-state index in [9.17, 15) is 4.79 Å². The minimum atomic E-state index is -0.0308. The number of aromatic nitrogens is 5. The highest BCUT2D eigenvalue weighted by Crippen LogP contribution is 2.32. The number of nitrogens with zero attached hydrogens (tertiary/aromatic N) is 5. The van der Waals surface area contributed by atoms with Gasteiger partial charge in [-0.15, -0.1) is 0 Å². The number of imidazole rings is 1. The first-order valence-electron chi connectivity index (χ1n) is 11.5. The lowest BCUT2D eigenvalue weighted by Gasteiger charge is -2.29. The fourth-order valence-corrected chi connectivity index (χ4v) is 5.14. The molecule has 0 unspecified atom stereocenters. The van der Waals surface area contributed by atoms with Crippen LogP contribution in [0.1, 0.15) is 37.3 Å².